The molecule has 0 aliphatic heterocycles. The number of ether oxygens (including phenoxy) is 1. The molecule has 1 unspecified atom stereocenters. The van der Waals surface area contributed by atoms with Crippen LogP contribution in [0.25, 0.3) is 0 Å². The van der Waals surface area contributed by atoms with Gasteiger partial charge in [-0.25, -0.2) is 8.42 Å². The lowest BCUT2D eigenvalue weighted by atomic mass is 10.3. The van der Waals surface area contributed by atoms with E-state index in [0.717, 1.165) is 0 Å². The molecule has 1 atom stereocenters. The van der Waals surface area contributed by atoms with Gasteiger partial charge in [0.05, 0.1) is 18.1 Å². The molecule has 0 radical (unpaired) electrons. The third kappa shape index (κ3) is 8.64. The number of sulfone groups is 1. The first kappa shape index (κ1) is 14.7. The SMILES string of the molecule is CCC(N)CS(=O)(=O)CCOC(F)(F)F. The third-order valence-electron chi connectivity index (χ3n) is 1.65. The molecule has 0 aliphatic rings. The molecule has 0 aromatic rings. The molecule has 4 nitrogen and oxygen atoms in total. The van der Waals surface area contributed by atoms with E-state index in [2.05, 4.69) is 4.74 Å². The van der Waals surface area contributed by atoms with E-state index in [0.29, 0.717) is 6.42 Å². The van der Waals surface area contributed by atoms with E-state index in [4.69, 9.17) is 5.73 Å². The average molecular weight is 249 g/mol. The maximum absolute atomic E-state index is 11.5. The second-order valence-corrected chi connectivity index (χ2v) is 5.31. The molecular formula is C7H14F3NO3S. The molecule has 0 fully saturated rings. The molecule has 15 heavy (non-hydrogen) atoms. The number of rotatable bonds is 6. The van der Waals surface area contributed by atoms with Crippen molar-refractivity contribution in [1.29, 1.82) is 0 Å². The minimum atomic E-state index is -4.79. The second kappa shape index (κ2) is 5.66. The molecule has 0 rings (SSSR count). The summed E-state index contributed by atoms with van der Waals surface area (Å²) in [4.78, 5) is 0. The highest BCUT2D eigenvalue weighted by Crippen LogP contribution is 2.15. The topological polar surface area (TPSA) is 69.4 Å². The van der Waals surface area contributed by atoms with Crippen LogP contribution >= 0.6 is 0 Å². The van der Waals surface area contributed by atoms with Crippen molar-refractivity contribution in [3.8, 4) is 0 Å². The maximum Gasteiger partial charge on any atom is 0.522 e. The summed E-state index contributed by atoms with van der Waals surface area (Å²) in [6.07, 6.45) is -4.33. The molecule has 0 bridgehead atoms. The number of alkyl halides is 3. The fraction of sp³-hybridized carbons (Fsp3) is 1.00. The monoisotopic (exact) mass is 249 g/mol. The van der Waals surface area contributed by atoms with Crippen molar-refractivity contribution in [2.75, 3.05) is 18.1 Å². The van der Waals surface area contributed by atoms with Crippen molar-refractivity contribution in [3.63, 3.8) is 0 Å². The van der Waals surface area contributed by atoms with Crippen LogP contribution < -0.4 is 5.73 Å². The van der Waals surface area contributed by atoms with Gasteiger partial charge < -0.3 is 5.73 Å². The highest BCUT2D eigenvalue weighted by molar-refractivity contribution is 7.91. The van der Waals surface area contributed by atoms with E-state index in [1.54, 1.807) is 6.92 Å². The van der Waals surface area contributed by atoms with E-state index < -0.39 is 34.6 Å². The van der Waals surface area contributed by atoms with E-state index in [9.17, 15) is 21.6 Å². The van der Waals surface area contributed by atoms with Crippen LogP contribution in [0.5, 0.6) is 0 Å². The smallest absolute Gasteiger partial charge is 0.327 e. The van der Waals surface area contributed by atoms with Gasteiger partial charge in [0.25, 0.3) is 0 Å². The van der Waals surface area contributed by atoms with Crippen LogP contribution in [0.15, 0.2) is 0 Å². The van der Waals surface area contributed by atoms with Crippen LogP contribution in [0.1, 0.15) is 13.3 Å². The molecule has 0 aromatic carbocycles. The molecule has 0 amide bonds. The summed E-state index contributed by atoms with van der Waals surface area (Å²) >= 11 is 0. The van der Waals surface area contributed by atoms with Gasteiger partial charge in [-0.2, -0.15) is 0 Å². The molecule has 0 aromatic heterocycles. The Hall–Kier alpha value is -0.340. The zero-order chi connectivity index (χ0) is 12.1. The molecule has 8 heteroatoms. The summed E-state index contributed by atoms with van der Waals surface area (Å²) in [5.74, 6) is -0.981. The van der Waals surface area contributed by atoms with Crippen molar-refractivity contribution >= 4 is 9.84 Å². The van der Waals surface area contributed by atoms with E-state index in [1.165, 1.54) is 0 Å². The van der Waals surface area contributed by atoms with Gasteiger partial charge in [0.2, 0.25) is 0 Å². The summed E-state index contributed by atoms with van der Waals surface area (Å²) < 4.78 is 60.2. The largest absolute Gasteiger partial charge is 0.522 e. The fourth-order valence-electron chi connectivity index (χ4n) is 0.812. The first-order valence-electron chi connectivity index (χ1n) is 4.33. The predicted octanol–water partition coefficient (Wildman–Crippen LogP) is 0.675. The molecule has 0 saturated carbocycles. The van der Waals surface area contributed by atoms with Crippen LogP contribution in [0.3, 0.4) is 0 Å². The lowest BCUT2D eigenvalue weighted by Gasteiger charge is -2.10. The van der Waals surface area contributed by atoms with Crippen LogP contribution in [0.4, 0.5) is 13.2 Å². The first-order chi connectivity index (χ1) is 6.66. The molecule has 92 valence electrons. The lowest BCUT2D eigenvalue weighted by Crippen LogP contribution is -2.31. The molecular weight excluding hydrogens is 235 g/mol. The van der Waals surface area contributed by atoms with Crippen LogP contribution in [-0.2, 0) is 14.6 Å². The standard InChI is InChI=1S/C7H14F3NO3S/c1-2-6(11)5-15(12,13)4-3-14-7(8,9)10/h6H,2-5,11H2,1H3. The van der Waals surface area contributed by atoms with Crippen LogP contribution in [-0.4, -0.2) is 38.9 Å². The second-order valence-electron chi connectivity index (χ2n) is 3.08. The van der Waals surface area contributed by atoms with Crippen molar-refractivity contribution in [3.05, 3.63) is 0 Å². The molecule has 0 heterocycles. The minimum absolute atomic E-state index is 0.315. The van der Waals surface area contributed by atoms with Gasteiger partial charge in [-0.3, -0.25) is 4.74 Å². The third-order valence-corrected chi connectivity index (χ3v) is 3.38. The average Bonchev–Trinajstić information content (AvgIpc) is 2.00. The molecule has 2 N–H and O–H groups in total. The summed E-state index contributed by atoms with van der Waals surface area (Å²) in [5, 5.41) is 0. The summed E-state index contributed by atoms with van der Waals surface area (Å²) in [6.45, 7) is 0.814. The van der Waals surface area contributed by atoms with E-state index >= 15 is 0 Å². The van der Waals surface area contributed by atoms with Gasteiger partial charge in [0.1, 0.15) is 0 Å². The van der Waals surface area contributed by atoms with Crippen molar-refractivity contribution < 1.29 is 26.3 Å². The quantitative estimate of drug-likeness (QED) is 0.751. The Morgan fingerprint density at radius 3 is 2.33 bits per heavy atom. The predicted molar refractivity (Wildman–Crippen MR) is 48.9 cm³/mol. The van der Waals surface area contributed by atoms with Crippen LogP contribution in [0.2, 0.25) is 0 Å². The highest BCUT2D eigenvalue weighted by Gasteiger charge is 2.29. The summed E-state index contributed by atoms with van der Waals surface area (Å²) in [5.41, 5.74) is 5.37. The highest BCUT2D eigenvalue weighted by atomic mass is 32.2. The Morgan fingerprint density at radius 2 is 1.93 bits per heavy atom. The minimum Gasteiger partial charge on any atom is -0.327 e. The van der Waals surface area contributed by atoms with Gasteiger partial charge in [-0.1, -0.05) is 6.92 Å². The summed E-state index contributed by atoms with van der Waals surface area (Å²) in [7, 11) is -3.57. The van der Waals surface area contributed by atoms with Gasteiger partial charge in [0, 0.05) is 6.04 Å². The Kier molecular flexibility index (Phi) is 5.54. The maximum atomic E-state index is 11.5. The number of halogens is 3. The van der Waals surface area contributed by atoms with Gasteiger partial charge in [0.15, 0.2) is 9.84 Å². The number of nitrogens with two attached hydrogens (primary N) is 1. The van der Waals surface area contributed by atoms with Crippen molar-refractivity contribution in [2.24, 2.45) is 5.73 Å². The molecule has 0 spiro atoms. The Morgan fingerprint density at radius 1 is 1.40 bits per heavy atom. The van der Waals surface area contributed by atoms with Crippen molar-refractivity contribution in [1.82, 2.24) is 0 Å². The zero-order valence-electron chi connectivity index (χ0n) is 8.25. The zero-order valence-corrected chi connectivity index (χ0v) is 9.07. The molecule has 0 saturated heterocycles. The first-order valence-corrected chi connectivity index (χ1v) is 6.15. The molecule has 0 aliphatic carbocycles. The Bertz CT molecular complexity index is 276. The lowest BCUT2D eigenvalue weighted by molar-refractivity contribution is -0.322. The van der Waals surface area contributed by atoms with Gasteiger partial charge in [-0.05, 0) is 6.42 Å². The summed E-state index contributed by atoms with van der Waals surface area (Å²) in [6, 6.07) is -0.541. The number of hydrogen-bond donors (Lipinski definition) is 1. The van der Waals surface area contributed by atoms with Gasteiger partial charge >= 0.3 is 6.36 Å². The Labute approximate surface area is 86.5 Å². The normalized spacial score (nSPS) is 15.3. The van der Waals surface area contributed by atoms with E-state index in [1.807, 2.05) is 0 Å². The van der Waals surface area contributed by atoms with Crippen LogP contribution in [0, 0.1) is 0 Å². The van der Waals surface area contributed by atoms with E-state index in [-0.39, 0.29) is 5.75 Å². The number of hydrogen-bond acceptors (Lipinski definition) is 4. The van der Waals surface area contributed by atoms with Crippen molar-refractivity contribution in [2.45, 2.75) is 25.7 Å². The Balaban J connectivity index is 3.96. The van der Waals surface area contributed by atoms with Gasteiger partial charge in [-0.15, -0.1) is 13.2 Å². The fourth-order valence-corrected chi connectivity index (χ4v) is 2.20.